The van der Waals surface area contributed by atoms with Crippen LogP contribution >= 0.6 is 11.6 Å². The van der Waals surface area contributed by atoms with E-state index in [9.17, 15) is 0 Å². The molecule has 0 fully saturated rings. The summed E-state index contributed by atoms with van der Waals surface area (Å²) < 4.78 is 0. The number of halogens is 1. The lowest BCUT2D eigenvalue weighted by atomic mass is 10.2. The first kappa shape index (κ1) is 10.8. The molecule has 0 N–H and O–H groups in total. The van der Waals surface area contributed by atoms with E-state index in [1.807, 2.05) is 49.4 Å². The molecule has 0 aliphatic heterocycles. The second-order valence-electron chi connectivity index (χ2n) is 3.45. The third-order valence-corrected chi connectivity index (χ3v) is 2.34. The smallest absolute Gasteiger partial charge is 0.152 e. The van der Waals surface area contributed by atoms with Crippen molar-refractivity contribution in [2.24, 2.45) is 4.99 Å². The Balaban J connectivity index is 2.18. The first-order valence-corrected chi connectivity index (χ1v) is 5.35. The van der Waals surface area contributed by atoms with E-state index in [2.05, 4.69) is 9.98 Å². The summed E-state index contributed by atoms with van der Waals surface area (Å²) in [6.45, 7) is 1.95. The van der Waals surface area contributed by atoms with Gasteiger partial charge in [0.2, 0.25) is 0 Å². The highest BCUT2D eigenvalue weighted by atomic mass is 35.5. The second-order valence-corrected chi connectivity index (χ2v) is 3.88. The summed E-state index contributed by atoms with van der Waals surface area (Å²) in [5.74, 6) is 0.718. The van der Waals surface area contributed by atoms with Crippen molar-refractivity contribution in [3.8, 4) is 0 Å². The molecule has 1 aromatic heterocycles. The van der Waals surface area contributed by atoms with Crippen molar-refractivity contribution in [3.05, 3.63) is 58.7 Å². The molecule has 1 aromatic carbocycles. The molecule has 16 heavy (non-hydrogen) atoms. The molecule has 3 heteroatoms. The van der Waals surface area contributed by atoms with Gasteiger partial charge in [0.1, 0.15) is 0 Å². The molecule has 1 heterocycles. The average molecular weight is 231 g/mol. The zero-order valence-electron chi connectivity index (χ0n) is 8.89. The molecule has 2 aromatic rings. The largest absolute Gasteiger partial charge is 0.237 e. The van der Waals surface area contributed by atoms with Crippen LogP contribution in [-0.4, -0.2) is 11.2 Å². The third kappa shape index (κ3) is 2.91. The number of pyridine rings is 1. The lowest BCUT2D eigenvalue weighted by molar-refractivity contribution is 1.18. The number of nitrogens with zero attached hydrogens (tertiary/aromatic N) is 2. The van der Waals surface area contributed by atoms with Crippen LogP contribution in [0.25, 0.3) is 0 Å². The van der Waals surface area contributed by atoms with Crippen molar-refractivity contribution in [1.82, 2.24) is 4.98 Å². The molecule has 0 unspecified atom stereocenters. The van der Waals surface area contributed by atoms with Gasteiger partial charge >= 0.3 is 0 Å². The Morgan fingerprint density at radius 2 is 1.88 bits per heavy atom. The third-order valence-electron chi connectivity index (χ3n) is 2.09. The van der Waals surface area contributed by atoms with Gasteiger partial charge in [-0.15, -0.1) is 0 Å². The predicted octanol–water partition coefficient (Wildman–Crippen LogP) is 3.79. The summed E-state index contributed by atoms with van der Waals surface area (Å²) >= 11 is 5.79. The number of hydrogen-bond acceptors (Lipinski definition) is 2. The molecule has 0 spiro atoms. The average Bonchev–Trinajstić information content (AvgIpc) is 2.28. The van der Waals surface area contributed by atoms with E-state index in [4.69, 9.17) is 11.6 Å². The summed E-state index contributed by atoms with van der Waals surface area (Å²) in [7, 11) is 0. The number of aromatic nitrogens is 1. The van der Waals surface area contributed by atoms with Crippen LogP contribution in [0, 0.1) is 6.92 Å². The van der Waals surface area contributed by atoms with Crippen LogP contribution in [0.3, 0.4) is 0 Å². The highest BCUT2D eigenvalue weighted by Gasteiger charge is 1.91. The summed E-state index contributed by atoms with van der Waals surface area (Å²) in [5, 5.41) is 0.728. The van der Waals surface area contributed by atoms with Crippen LogP contribution in [0.1, 0.15) is 11.3 Å². The Bertz CT molecular complexity index is 504. The molecule has 0 saturated carbocycles. The van der Waals surface area contributed by atoms with Crippen molar-refractivity contribution in [2.75, 3.05) is 0 Å². The first-order valence-electron chi connectivity index (χ1n) is 4.97. The van der Waals surface area contributed by atoms with E-state index in [-0.39, 0.29) is 0 Å². The monoisotopic (exact) mass is 230 g/mol. The lowest BCUT2D eigenvalue weighted by Crippen LogP contribution is -1.82. The number of rotatable bonds is 2. The summed E-state index contributed by atoms with van der Waals surface area (Å²) in [4.78, 5) is 8.57. The molecular formula is C13H11ClN2. The first-order chi connectivity index (χ1) is 7.74. The Morgan fingerprint density at radius 1 is 1.12 bits per heavy atom. The summed E-state index contributed by atoms with van der Waals surface area (Å²) in [6.07, 6.45) is 1.78. The van der Waals surface area contributed by atoms with Gasteiger partial charge in [-0.1, -0.05) is 29.8 Å². The minimum absolute atomic E-state index is 0.718. The quantitative estimate of drug-likeness (QED) is 0.721. The van der Waals surface area contributed by atoms with Gasteiger partial charge < -0.3 is 0 Å². The molecule has 0 saturated heterocycles. The van der Waals surface area contributed by atoms with Crippen LogP contribution in [0.15, 0.2) is 47.5 Å². The highest BCUT2D eigenvalue weighted by Crippen LogP contribution is 2.10. The minimum atomic E-state index is 0.718. The summed E-state index contributed by atoms with van der Waals surface area (Å²) in [5.41, 5.74) is 1.97. The molecule has 2 rings (SSSR count). The standard InChI is InChI=1S/C13H11ClN2/c1-10-3-2-4-13(16-10)15-9-11-5-7-12(14)8-6-11/h2-9H,1H3/b15-9+. The number of benzene rings is 1. The zero-order chi connectivity index (χ0) is 11.4. The highest BCUT2D eigenvalue weighted by molar-refractivity contribution is 6.30. The molecular weight excluding hydrogens is 220 g/mol. The molecule has 2 nitrogen and oxygen atoms in total. The van der Waals surface area contributed by atoms with Gasteiger partial charge in [-0.25, -0.2) is 9.98 Å². The van der Waals surface area contributed by atoms with E-state index in [0.29, 0.717) is 0 Å². The molecule has 0 atom stereocenters. The SMILES string of the molecule is Cc1cccc(/N=C/c2ccc(Cl)cc2)n1. The van der Waals surface area contributed by atoms with Gasteiger partial charge in [0.05, 0.1) is 0 Å². The van der Waals surface area contributed by atoms with Gasteiger partial charge in [-0.2, -0.15) is 0 Å². The maximum atomic E-state index is 5.79. The van der Waals surface area contributed by atoms with Gasteiger partial charge in [0.25, 0.3) is 0 Å². The van der Waals surface area contributed by atoms with Crippen molar-refractivity contribution < 1.29 is 0 Å². The van der Waals surface area contributed by atoms with E-state index in [0.717, 1.165) is 22.1 Å². The zero-order valence-corrected chi connectivity index (χ0v) is 9.65. The van der Waals surface area contributed by atoms with E-state index in [1.54, 1.807) is 6.21 Å². The Kier molecular flexibility index (Phi) is 3.32. The molecule has 0 bridgehead atoms. The van der Waals surface area contributed by atoms with E-state index >= 15 is 0 Å². The fourth-order valence-corrected chi connectivity index (χ4v) is 1.42. The number of hydrogen-bond donors (Lipinski definition) is 0. The van der Waals surface area contributed by atoms with Gasteiger partial charge in [0.15, 0.2) is 5.82 Å². The molecule has 0 aliphatic rings. The van der Waals surface area contributed by atoms with Gasteiger partial charge in [-0.05, 0) is 36.8 Å². The topological polar surface area (TPSA) is 25.2 Å². The van der Waals surface area contributed by atoms with Crippen LogP contribution in [0.4, 0.5) is 5.82 Å². The Labute approximate surface area is 99.6 Å². The van der Waals surface area contributed by atoms with E-state index in [1.165, 1.54) is 0 Å². The van der Waals surface area contributed by atoms with Gasteiger partial charge in [-0.3, -0.25) is 0 Å². The maximum absolute atomic E-state index is 5.79. The van der Waals surface area contributed by atoms with Crippen molar-refractivity contribution >= 4 is 23.6 Å². The number of aryl methyl sites for hydroxylation is 1. The fourth-order valence-electron chi connectivity index (χ4n) is 1.29. The summed E-state index contributed by atoms with van der Waals surface area (Å²) in [6, 6.07) is 13.3. The van der Waals surface area contributed by atoms with Crippen molar-refractivity contribution in [3.63, 3.8) is 0 Å². The lowest BCUT2D eigenvalue weighted by Gasteiger charge is -1.95. The van der Waals surface area contributed by atoms with Crippen molar-refractivity contribution in [1.29, 1.82) is 0 Å². The van der Waals surface area contributed by atoms with Crippen molar-refractivity contribution in [2.45, 2.75) is 6.92 Å². The normalized spacial score (nSPS) is 10.9. The van der Waals surface area contributed by atoms with Gasteiger partial charge in [0, 0.05) is 16.9 Å². The minimum Gasteiger partial charge on any atom is -0.237 e. The predicted molar refractivity (Wildman–Crippen MR) is 67.7 cm³/mol. The molecule has 80 valence electrons. The maximum Gasteiger partial charge on any atom is 0.152 e. The van der Waals surface area contributed by atoms with Crippen LogP contribution in [0.2, 0.25) is 5.02 Å². The molecule has 0 amide bonds. The Morgan fingerprint density at radius 3 is 2.56 bits per heavy atom. The fraction of sp³-hybridized carbons (Fsp3) is 0.0769. The Hall–Kier alpha value is -1.67. The van der Waals surface area contributed by atoms with E-state index < -0.39 is 0 Å². The van der Waals surface area contributed by atoms with Crippen LogP contribution in [0.5, 0.6) is 0 Å². The molecule has 0 aliphatic carbocycles. The van der Waals surface area contributed by atoms with Crippen LogP contribution < -0.4 is 0 Å². The molecule has 0 radical (unpaired) electrons. The van der Waals surface area contributed by atoms with Crippen LogP contribution in [-0.2, 0) is 0 Å². The number of aliphatic imine (C=N–C) groups is 1. The second kappa shape index (κ2) is 4.90.